The number of ether oxygens (including phenoxy) is 4. The molecule has 0 radical (unpaired) electrons. The van der Waals surface area contributed by atoms with Crippen LogP contribution in [-0.4, -0.2) is 72.3 Å². The number of para-hydroxylation sites is 1. The highest BCUT2D eigenvalue weighted by atomic mass is 16.7. The average molecular weight is 491 g/mol. The van der Waals surface area contributed by atoms with Crippen molar-refractivity contribution in [3.8, 4) is 5.75 Å². The number of hydrogen-bond acceptors (Lipinski definition) is 9. The quantitative estimate of drug-likeness (QED) is 0.319. The minimum atomic E-state index is -1.07. The summed E-state index contributed by atoms with van der Waals surface area (Å²) in [6.07, 6.45) is -0.847. The Morgan fingerprint density at radius 1 is 1.06 bits per heavy atom. The molecule has 1 aromatic rings. The molecule has 3 rings (SSSR count). The second-order valence-electron chi connectivity index (χ2n) is 9.52. The molecule has 2 aliphatic heterocycles. The molecule has 2 amide bonds. The second kappa shape index (κ2) is 10.3. The monoisotopic (exact) mass is 490 g/mol. The molecule has 0 spiro atoms. The predicted molar refractivity (Wildman–Crippen MR) is 120 cm³/mol. The van der Waals surface area contributed by atoms with E-state index in [1.54, 1.807) is 58.0 Å². The lowest BCUT2D eigenvalue weighted by molar-refractivity contribution is -0.180. The van der Waals surface area contributed by atoms with Crippen LogP contribution < -0.4 is 10.1 Å². The molecule has 35 heavy (non-hydrogen) atoms. The molecular formula is C24H30N2O9. The molecular weight excluding hydrogens is 460 g/mol. The summed E-state index contributed by atoms with van der Waals surface area (Å²) in [5, 5.41) is 2.60. The summed E-state index contributed by atoms with van der Waals surface area (Å²) in [6, 6.07) is 5.88. The SMILES string of the molecule is CC(=O)OC1[C@H](C)C(C(=O)OCOC(=O)C(C)(C)C)N2C(=O)[C@H](NC(=O)COc3ccccc3)[C@@H]12. The van der Waals surface area contributed by atoms with Gasteiger partial charge in [-0.05, 0) is 32.9 Å². The zero-order chi connectivity index (χ0) is 25.9. The van der Waals surface area contributed by atoms with E-state index >= 15 is 0 Å². The van der Waals surface area contributed by atoms with Crippen molar-refractivity contribution < 1.29 is 42.9 Å². The van der Waals surface area contributed by atoms with Crippen molar-refractivity contribution in [2.24, 2.45) is 11.3 Å². The number of fused-ring (bicyclic) bond motifs is 1. The number of carbonyl (C=O) groups excluding carboxylic acids is 5. The number of amides is 2. The van der Waals surface area contributed by atoms with Gasteiger partial charge in [0.1, 0.15) is 23.9 Å². The van der Waals surface area contributed by atoms with E-state index in [0.29, 0.717) is 5.75 Å². The summed E-state index contributed by atoms with van der Waals surface area (Å²) < 4.78 is 20.9. The Morgan fingerprint density at radius 2 is 1.71 bits per heavy atom. The fourth-order valence-corrected chi connectivity index (χ4v) is 4.11. The van der Waals surface area contributed by atoms with Gasteiger partial charge in [-0.25, -0.2) is 4.79 Å². The summed E-state index contributed by atoms with van der Waals surface area (Å²) in [6.45, 7) is 6.90. The largest absolute Gasteiger partial charge is 0.484 e. The van der Waals surface area contributed by atoms with Crippen LogP contribution >= 0.6 is 0 Å². The van der Waals surface area contributed by atoms with E-state index in [4.69, 9.17) is 18.9 Å². The number of hydrogen-bond donors (Lipinski definition) is 1. The highest BCUT2D eigenvalue weighted by molar-refractivity contribution is 5.98. The van der Waals surface area contributed by atoms with Crippen LogP contribution in [0.4, 0.5) is 0 Å². The fraction of sp³-hybridized carbons (Fsp3) is 0.542. The standard InChI is InChI=1S/C24H30N2O9/c1-13-18(22(30)33-12-34-23(31)24(3,4)5)26-19(20(13)35-14(2)27)17(21(26)29)25-16(28)11-32-15-9-7-6-8-10-15/h6-10,13,17-20H,11-12H2,1-5H3,(H,25,28)/t13-,17-,18?,19+,20?/m1/s1. The lowest BCUT2D eigenvalue weighted by Gasteiger charge is -2.45. The number of β-lactam (4-membered cyclic amide) rings is 1. The maximum absolute atomic E-state index is 12.9. The molecule has 0 aromatic heterocycles. The van der Waals surface area contributed by atoms with Crippen molar-refractivity contribution in [3.63, 3.8) is 0 Å². The molecule has 1 N–H and O–H groups in total. The van der Waals surface area contributed by atoms with Gasteiger partial charge in [-0.15, -0.1) is 0 Å². The molecule has 2 saturated heterocycles. The van der Waals surface area contributed by atoms with E-state index in [-0.39, 0.29) is 6.61 Å². The molecule has 0 aliphatic carbocycles. The number of nitrogens with one attached hydrogen (secondary N) is 1. The zero-order valence-electron chi connectivity index (χ0n) is 20.3. The van der Waals surface area contributed by atoms with Gasteiger partial charge in [-0.3, -0.25) is 19.2 Å². The van der Waals surface area contributed by atoms with Crippen LogP contribution in [0.1, 0.15) is 34.6 Å². The van der Waals surface area contributed by atoms with Crippen LogP contribution in [0.3, 0.4) is 0 Å². The maximum Gasteiger partial charge on any atom is 0.332 e. The molecule has 1 aromatic carbocycles. The van der Waals surface area contributed by atoms with E-state index in [0.717, 1.165) is 0 Å². The van der Waals surface area contributed by atoms with Crippen LogP contribution in [0, 0.1) is 11.3 Å². The summed E-state index contributed by atoms with van der Waals surface area (Å²) in [5.74, 6) is -3.14. The van der Waals surface area contributed by atoms with E-state index in [2.05, 4.69) is 5.32 Å². The minimum Gasteiger partial charge on any atom is -0.484 e. The molecule has 11 nitrogen and oxygen atoms in total. The minimum absolute atomic E-state index is 0.321. The van der Waals surface area contributed by atoms with Crippen LogP contribution in [-0.2, 0) is 38.2 Å². The first-order valence-electron chi connectivity index (χ1n) is 11.2. The van der Waals surface area contributed by atoms with Gasteiger partial charge in [0, 0.05) is 12.8 Å². The van der Waals surface area contributed by atoms with Crippen LogP contribution in [0.2, 0.25) is 0 Å². The summed E-state index contributed by atoms with van der Waals surface area (Å²) >= 11 is 0. The van der Waals surface area contributed by atoms with Gasteiger partial charge in [0.05, 0.1) is 11.5 Å². The number of carbonyl (C=O) groups is 5. The lowest BCUT2D eigenvalue weighted by atomic mass is 9.91. The highest BCUT2D eigenvalue weighted by Gasteiger charge is 2.65. The normalized spacial score (nSPS) is 25.1. The Bertz CT molecular complexity index is 988. The van der Waals surface area contributed by atoms with Gasteiger partial charge in [0.25, 0.3) is 5.91 Å². The van der Waals surface area contributed by atoms with Gasteiger partial charge in [0.2, 0.25) is 12.7 Å². The Balaban J connectivity index is 1.65. The summed E-state index contributed by atoms with van der Waals surface area (Å²) in [5.41, 5.74) is -0.776. The Labute approximate surface area is 203 Å². The zero-order valence-corrected chi connectivity index (χ0v) is 20.3. The topological polar surface area (TPSA) is 138 Å². The molecule has 5 atom stereocenters. The maximum atomic E-state index is 12.9. The van der Waals surface area contributed by atoms with Crippen molar-refractivity contribution in [3.05, 3.63) is 30.3 Å². The van der Waals surface area contributed by atoms with Gasteiger partial charge in [-0.1, -0.05) is 25.1 Å². The summed E-state index contributed by atoms with van der Waals surface area (Å²) in [4.78, 5) is 62.9. The third-order valence-electron chi connectivity index (χ3n) is 5.81. The Morgan fingerprint density at radius 3 is 2.31 bits per heavy atom. The third kappa shape index (κ3) is 5.72. The first-order valence-corrected chi connectivity index (χ1v) is 11.2. The summed E-state index contributed by atoms with van der Waals surface area (Å²) in [7, 11) is 0. The molecule has 2 aliphatic rings. The van der Waals surface area contributed by atoms with Crippen molar-refractivity contribution in [1.29, 1.82) is 0 Å². The van der Waals surface area contributed by atoms with Crippen molar-refractivity contribution >= 4 is 29.7 Å². The van der Waals surface area contributed by atoms with Crippen LogP contribution in [0.15, 0.2) is 30.3 Å². The Kier molecular flexibility index (Phi) is 7.67. The van der Waals surface area contributed by atoms with E-state index in [9.17, 15) is 24.0 Å². The predicted octanol–water partition coefficient (Wildman–Crippen LogP) is 0.801. The smallest absolute Gasteiger partial charge is 0.332 e. The van der Waals surface area contributed by atoms with Crippen LogP contribution in [0.25, 0.3) is 0 Å². The van der Waals surface area contributed by atoms with Crippen molar-refractivity contribution in [2.45, 2.75) is 58.8 Å². The van der Waals surface area contributed by atoms with E-state index in [1.807, 2.05) is 0 Å². The van der Waals surface area contributed by atoms with Gasteiger partial charge >= 0.3 is 17.9 Å². The van der Waals surface area contributed by atoms with Crippen LogP contribution in [0.5, 0.6) is 5.75 Å². The first kappa shape index (κ1) is 26.0. The Hall–Kier alpha value is -3.63. The number of esters is 3. The molecule has 2 fully saturated rings. The van der Waals surface area contributed by atoms with Gasteiger partial charge in [-0.2, -0.15) is 0 Å². The number of nitrogens with zero attached hydrogens (tertiary/aromatic N) is 1. The van der Waals surface area contributed by atoms with Crippen molar-refractivity contribution in [2.75, 3.05) is 13.4 Å². The second-order valence-corrected chi connectivity index (χ2v) is 9.52. The third-order valence-corrected chi connectivity index (χ3v) is 5.81. The molecule has 190 valence electrons. The molecule has 0 bridgehead atoms. The number of benzene rings is 1. The van der Waals surface area contributed by atoms with Gasteiger partial charge in [0.15, 0.2) is 6.61 Å². The van der Waals surface area contributed by atoms with E-state index < -0.39 is 72.1 Å². The molecule has 0 saturated carbocycles. The fourth-order valence-electron chi connectivity index (χ4n) is 4.11. The number of rotatable bonds is 8. The molecule has 2 heterocycles. The van der Waals surface area contributed by atoms with Gasteiger partial charge < -0.3 is 29.2 Å². The van der Waals surface area contributed by atoms with E-state index in [1.165, 1.54) is 11.8 Å². The average Bonchev–Trinajstić information content (AvgIpc) is 3.04. The lowest BCUT2D eigenvalue weighted by Crippen LogP contribution is -2.73. The molecule has 11 heteroatoms. The first-order chi connectivity index (χ1) is 16.4. The molecule has 2 unspecified atom stereocenters. The highest BCUT2D eigenvalue weighted by Crippen LogP contribution is 2.41. The van der Waals surface area contributed by atoms with Crippen molar-refractivity contribution in [1.82, 2.24) is 10.2 Å².